The summed E-state index contributed by atoms with van der Waals surface area (Å²) in [6.07, 6.45) is 0. The second-order valence-corrected chi connectivity index (χ2v) is 7.01. The first kappa shape index (κ1) is 18.1. The molecule has 2 rings (SSSR count). The summed E-state index contributed by atoms with van der Waals surface area (Å²) >= 11 is 5.98. The van der Waals surface area contributed by atoms with E-state index < -0.39 is 22.5 Å². The minimum absolute atomic E-state index is 0.0249. The average Bonchev–Trinajstić information content (AvgIpc) is 2.60. The smallest absolute Gasteiger partial charge is 0.264 e. The van der Waals surface area contributed by atoms with Crippen LogP contribution in [0.3, 0.4) is 0 Å². The average molecular weight is 370 g/mol. The lowest BCUT2D eigenvalue weighted by atomic mass is 10.3. The van der Waals surface area contributed by atoms with Gasteiger partial charge in [-0.3, -0.25) is 14.5 Å². The molecular formula is C15H16ClN3O4S. The highest BCUT2D eigenvalue weighted by atomic mass is 35.5. The van der Waals surface area contributed by atoms with Gasteiger partial charge in [0.2, 0.25) is 0 Å². The van der Waals surface area contributed by atoms with Crippen molar-refractivity contribution >= 4 is 33.2 Å². The number of nitrogens with one attached hydrogen (secondary N) is 1. The molecule has 0 bridgehead atoms. The first-order chi connectivity index (χ1) is 11.4. The topological polar surface area (TPSA) is 102 Å². The third kappa shape index (κ3) is 3.78. The lowest BCUT2D eigenvalue weighted by molar-refractivity contribution is -0.119. The lowest BCUT2D eigenvalue weighted by Gasteiger charge is -2.25. The number of rotatable bonds is 6. The number of benzene rings is 2. The third-order valence-electron chi connectivity index (χ3n) is 3.19. The van der Waals surface area contributed by atoms with E-state index in [2.05, 4.69) is 0 Å². The van der Waals surface area contributed by atoms with Gasteiger partial charge >= 0.3 is 0 Å². The van der Waals surface area contributed by atoms with E-state index in [0.717, 1.165) is 4.31 Å². The molecule has 0 aliphatic rings. The highest BCUT2D eigenvalue weighted by molar-refractivity contribution is 7.92. The Bertz CT molecular complexity index is 828. The molecular weight excluding hydrogens is 354 g/mol. The second-order valence-electron chi connectivity index (χ2n) is 4.71. The van der Waals surface area contributed by atoms with Crippen molar-refractivity contribution in [2.75, 3.05) is 18.0 Å². The lowest BCUT2D eigenvalue weighted by Crippen LogP contribution is -2.43. The minimum atomic E-state index is -4.03. The van der Waals surface area contributed by atoms with Gasteiger partial charge in [0, 0.05) is 5.02 Å². The van der Waals surface area contributed by atoms with E-state index in [0.29, 0.717) is 5.02 Å². The number of anilines is 1. The maximum atomic E-state index is 13.0. The summed E-state index contributed by atoms with van der Waals surface area (Å²) in [6.45, 7) is -0.523. The number of amides is 1. The van der Waals surface area contributed by atoms with Crippen molar-refractivity contribution < 1.29 is 17.9 Å². The van der Waals surface area contributed by atoms with Crippen molar-refractivity contribution in [3.05, 3.63) is 53.6 Å². The van der Waals surface area contributed by atoms with E-state index in [1.54, 1.807) is 24.3 Å². The normalized spacial score (nSPS) is 11.0. The van der Waals surface area contributed by atoms with Crippen LogP contribution in [0.25, 0.3) is 0 Å². The first-order valence-corrected chi connectivity index (χ1v) is 8.62. The molecule has 9 heteroatoms. The Morgan fingerprint density at radius 3 is 2.50 bits per heavy atom. The molecule has 1 amide bonds. The summed E-state index contributed by atoms with van der Waals surface area (Å²) in [6, 6.07) is 12.2. The summed E-state index contributed by atoms with van der Waals surface area (Å²) < 4.78 is 32.0. The summed E-state index contributed by atoms with van der Waals surface area (Å²) in [7, 11) is -2.64. The molecule has 128 valence electrons. The maximum absolute atomic E-state index is 13.0. The highest BCUT2D eigenvalue weighted by Crippen LogP contribution is 2.34. The molecule has 0 radical (unpaired) electrons. The van der Waals surface area contributed by atoms with Crippen LogP contribution in [0.5, 0.6) is 5.75 Å². The van der Waals surface area contributed by atoms with Crippen LogP contribution in [0.4, 0.5) is 5.69 Å². The predicted molar refractivity (Wildman–Crippen MR) is 91.3 cm³/mol. The molecule has 0 fully saturated rings. The van der Waals surface area contributed by atoms with Crippen LogP contribution in [0.2, 0.25) is 5.02 Å². The number of carbonyl (C=O) groups is 1. The van der Waals surface area contributed by atoms with Gasteiger partial charge in [-0.2, -0.15) is 0 Å². The fraction of sp³-hybridized carbons (Fsp3) is 0.133. The van der Waals surface area contributed by atoms with Gasteiger partial charge in [0.15, 0.2) is 0 Å². The Morgan fingerprint density at radius 1 is 1.25 bits per heavy atom. The van der Waals surface area contributed by atoms with E-state index in [-0.39, 0.29) is 16.3 Å². The fourth-order valence-corrected chi connectivity index (χ4v) is 3.66. The van der Waals surface area contributed by atoms with Gasteiger partial charge in [-0.15, -0.1) is 0 Å². The number of carbonyl (C=O) groups excluding carboxylic acids is 1. The molecule has 7 nitrogen and oxygen atoms in total. The van der Waals surface area contributed by atoms with Crippen molar-refractivity contribution in [3.8, 4) is 5.75 Å². The van der Waals surface area contributed by atoms with Crippen molar-refractivity contribution in [1.82, 2.24) is 5.43 Å². The fourth-order valence-electron chi connectivity index (χ4n) is 2.05. The monoisotopic (exact) mass is 369 g/mol. The first-order valence-electron chi connectivity index (χ1n) is 6.81. The van der Waals surface area contributed by atoms with Gasteiger partial charge in [-0.1, -0.05) is 29.8 Å². The predicted octanol–water partition coefficient (Wildman–Crippen LogP) is 1.53. The molecule has 0 aromatic heterocycles. The maximum Gasteiger partial charge on any atom is 0.264 e. The molecule has 0 atom stereocenters. The largest absolute Gasteiger partial charge is 0.495 e. The van der Waals surface area contributed by atoms with Gasteiger partial charge in [0.05, 0.1) is 17.7 Å². The molecule has 0 heterocycles. The zero-order valence-corrected chi connectivity index (χ0v) is 14.3. The van der Waals surface area contributed by atoms with Gasteiger partial charge in [-0.05, 0) is 30.3 Å². The quantitative estimate of drug-likeness (QED) is 0.457. The van der Waals surface area contributed by atoms with Gasteiger partial charge in [0.1, 0.15) is 12.3 Å². The summed E-state index contributed by atoms with van der Waals surface area (Å²) in [5.74, 6) is 4.67. The van der Waals surface area contributed by atoms with Crippen molar-refractivity contribution in [2.45, 2.75) is 4.90 Å². The van der Waals surface area contributed by atoms with E-state index in [4.69, 9.17) is 22.2 Å². The molecule has 2 aromatic rings. The Morgan fingerprint density at radius 2 is 1.92 bits per heavy atom. The Kier molecular flexibility index (Phi) is 5.66. The highest BCUT2D eigenvalue weighted by Gasteiger charge is 2.29. The number of sulfonamides is 1. The SMILES string of the molecule is COc1ccc(Cl)cc1N(CC(=O)NN)S(=O)(=O)c1ccccc1. The summed E-state index contributed by atoms with van der Waals surface area (Å²) in [5.41, 5.74) is 2.06. The number of halogens is 1. The van der Waals surface area contributed by atoms with E-state index in [1.165, 1.54) is 31.4 Å². The molecule has 0 unspecified atom stereocenters. The standard InChI is InChI=1S/C15H16ClN3O4S/c1-23-14-8-7-11(16)9-13(14)19(10-15(20)18-17)24(21,22)12-5-3-2-4-6-12/h2-9H,10,17H2,1H3,(H,18,20). The summed E-state index contributed by atoms with van der Waals surface area (Å²) in [5, 5.41) is 0.298. The third-order valence-corrected chi connectivity index (χ3v) is 5.20. The molecule has 0 saturated carbocycles. The van der Waals surface area contributed by atoms with Crippen molar-refractivity contribution in [2.24, 2.45) is 5.84 Å². The molecule has 0 saturated heterocycles. The van der Waals surface area contributed by atoms with Crippen LogP contribution in [0.1, 0.15) is 0 Å². The van der Waals surface area contributed by atoms with Crippen LogP contribution in [-0.4, -0.2) is 28.0 Å². The number of hydrogen-bond donors (Lipinski definition) is 2. The Balaban J connectivity index is 2.62. The Hall–Kier alpha value is -2.29. The van der Waals surface area contributed by atoms with Gasteiger partial charge < -0.3 is 4.74 Å². The molecule has 2 aromatic carbocycles. The van der Waals surface area contributed by atoms with Crippen LogP contribution in [-0.2, 0) is 14.8 Å². The number of hydrazine groups is 1. The molecule has 0 spiro atoms. The van der Waals surface area contributed by atoms with Crippen LogP contribution in [0, 0.1) is 0 Å². The van der Waals surface area contributed by atoms with E-state index >= 15 is 0 Å². The second kappa shape index (κ2) is 7.52. The van der Waals surface area contributed by atoms with Crippen LogP contribution in [0.15, 0.2) is 53.4 Å². The number of nitrogens with two attached hydrogens (primary N) is 1. The minimum Gasteiger partial charge on any atom is -0.495 e. The van der Waals surface area contributed by atoms with Crippen molar-refractivity contribution in [3.63, 3.8) is 0 Å². The molecule has 0 aliphatic carbocycles. The van der Waals surface area contributed by atoms with Crippen molar-refractivity contribution in [1.29, 1.82) is 0 Å². The van der Waals surface area contributed by atoms with Crippen LogP contribution >= 0.6 is 11.6 Å². The number of nitrogens with zero attached hydrogens (tertiary/aromatic N) is 1. The zero-order chi connectivity index (χ0) is 17.7. The summed E-state index contributed by atoms with van der Waals surface area (Å²) in [4.78, 5) is 11.8. The van der Waals surface area contributed by atoms with E-state index in [1.807, 2.05) is 5.43 Å². The van der Waals surface area contributed by atoms with E-state index in [9.17, 15) is 13.2 Å². The van der Waals surface area contributed by atoms with Gasteiger partial charge in [0.25, 0.3) is 15.9 Å². The number of hydrogen-bond acceptors (Lipinski definition) is 5. The molecule has 3 N–H and O–H groups in total. The molecule has 24 heavy (non-hydrogen) atoms. The Labute approximate surface area is 145 Å². The van der Waals surface area contributed by atoms with Gasteiger partial charge in [-0.25, -0.2) is 14.3 Å². The molecule has 0 aliphatic heterocycles. The number of methoxy groups -OCH3 is 1. The number of ether oxygens (including phenoxy) is 1. The van der Waals surface area contributed by atoms with Crippen LogP contribution < -0.4 is 20.3 Å². The zero-order valence-electron chi connectivity index (χ0n) is 12.8.